The molecule has 1 unspecified atom stereocenters. The molecule has 0 saturated carbocycles. The lowest BCUT2D eigenvalue weighted by molar-refractivity contribution is 0.000535. The average Bonchev–Trinajstić information content (AvgIpc) is 2.70. The highest BCUT2D eigenvalue weighted by Gasteiger charge is 2.31. The maximum absolute atomic E-state index is 12.6. The molecule has 1 aliphatic rings. The van der Waals surface area contributed by atoms with E-state index in [2.05, 4.69) is 20.2 Å². The van der Waals surface area contributed by atoms with E-state index in [1.165, 1.54) is 12.4 Å². The summed E-state index contributed by atoms with van der Waals surface area (Å²) in [6.07, 6.45) is 2.73. The molecule has 1 atom stereocenters. The number of nitrogens with one attached hydrogen (secondary N) is 1. The lowest BCUT2D eigenvalue weighted by Crippen LogP contribution is -2.54. The number of nitrogens with zero attached hydrogens (tertiary/aromatic N) is 4. The third kappa shape index (κ3) is 6.65. The summed E-state index contributed by atoms with van der Waals surface area (Å²) in [6.45, 7) is 14.1. The van der Waals surface area contributed by atoms with Crippen molar-refractivity contribution in [1.82, 2.24) is 19.8 Å². The summed E-state index contributed by atoms with van der Waals surface area (Å²) in [5.41, 5.74) is 2.49. The van der Waals surface area contributed by atoms with Gasteiger partial charge in [-0.2, -0.15) is 0 Å². The van der Waals surface area contributed by atoms with E-state index in [9.17, 15) is 9.59 Å². The van der Waals surface area contributed by atoms with Crippen molar-refractivity contribution in [1.29, 1.82) is 0 Å². The molecule has 1 aromatic carbocycles. The summed E-state index contributed by atoms with van der Waals surface area (Å²) in [5.74, 6) is 0.319. The van der Waals surface area contributed by atoms with Gasteiger partial charge in [0, 0.05) is 55.3 Å². The molecule has 3 rings (SSSR count). The molecule has 0 radical (unpaired) electrons. The highest BCUT2D eigenvalue weighted by Crippen LogP contribution is 2.27. The van der Waals surface area contributed by atoms with Crippen LogP contribution in [0.3, 0.4) is 0 Å². The van der Waals surface area contributed by atoms with Crippen LogP contribution in [-0.4, -0.2) is 63.0 Å². The second-order valence-electron chi connectivity index (χ2n) is 9.47. The molecule has 8 nitrogen and oxygen atoms in total. The zero-order valence-corrected chi connectivity index (χ0v) is 20.9. The Hall–Kier alpha value is -2.71. The van der Waals surface area contributed by atoms with Crippen molar-refractivity contribution in [3.63, 3.8) is 0 Å². The predicted molar refractivity (Wildman–Crippen MR) is 129 cm³/mol. The van der Waals surface area contributed by atoms with E-state index in [0.29, 0.717) is 41.7 Å². The van der Waals surface area contributed by atoms with Crippen molar-refractivity contribution in [3.05, 3.63) is 52.1 Å². The van der Waals surface area contributed by atoms with Gasteiger partial charge in [0.05, 0.1) is 5.56 Å². The van der Waals surface area contributed by atoms with Crippen molar-refractivity contribution >= 4 is 29.3 Å². The van der Waals surface area contributed by atoms with E-state index >= 15 is 0 Å². The average molecular weight is 474 g/mol. The monoisotopic (exact) mass is 473 g/mol. The number of aromatic nitrogens is 2. The number of ether oxygens (including phenoxy) is 1. The molecule has 1 saturated heterocycles. The highest BCUT2D eigenvalue weighted by molar-refractivity contribution is 6.31. The van der Waals surface area contributed by atoms with Crippen molar-refractivity contribution in [2.45, 2.75) is 59.7 Å². The number of hydrogen-bond acceptors (Lipinski definition) is 6. The minimum absolute atomic E-state index is 0.0220. The Morgan fingerprint density at radius 1 is 1.18 bits per heavy atom. The van der Waals surface area contributed by atoms with Gasteiger partial charge in [-0.15, -0.1) is 0 Å². The minimum Gasteiger partial charge on any atom is -0.444 e. The number of carbonyl (C=O) groups excluding carboxylic acids is 2. The van der Waals surface area contributed by atoms with Crippen LogP contribution in [0, 0.1) is 13.8 Å². The largest absolute Gasteiger partial charge is 0.444 e. The Morgan fingerprint density at radius 2 is 1.85 bits per heavy atom. The highest BCUT2D eigenvalue weighted by atomic mass is 35.5. The van der Waals surface area contributed by atoms with E-state index in [-0.39, 0.29) is 18.0 Å². The van der Waals surface area contributed by atoms with Gasteiger partial charge in [0.15, 0.2) is 0 Å². The van der Waals surface area contributed by atoms with Gasteiger partial charge < -0.3 is 15.0 Å². The number of benzene rings is 1. The SMILES string of the molecule is Cc1ncc(C(=O)Nc2cc(Cl)cc(CN3CCN(C(=O)OC(C)(C)C)C(C)C3)c2C)cn1. The van der Waals surface area contributed by atoms with Crippen LogP contribution in [0.5, 0.6) is 0 Å². The summed E-state index contributed by atoms with van der Waals surface area (Å²) in [4.78, 5) is 37.3. The van der Waals surface area contributed by atoms with Crippen LogP contribution in [0.4, 0.5) is 10.5 Å². The summed E-state index contributed by atoms with van der Waals surface area (Å²) in [6, 6.07) is 3.69. The van der Waals surface area contributed by atoms with Crippen LogP contribution in [0.1, 0.15) is 55.0 Å². The first kappa shape index (κ1) is 24.9. The third-order valence-corrected chi connectivity index (χ3v) is 5.72. The number of halogens is 1. The van der Waals surface area contributed by atoms with Crippen molar-refractivity contribution in [2.75, 3.05) is 25.0 Å². The molecular weight excluding hydrogens is 442 g/mol. The Balaban J connectivity index is 1.68. The minimum atomic E-state index is -0.516. The Morgan fingerprint density at radius 3 is 2.45 bits per heavy atom. The summed E-state index contributed by atoms with van der Waals surface area (Å²) >= 11 is 6.38. The number of carbonyl (C=O) groups is 2. The van der Waals surface area contributed by atoms with E-state index < -0.39 is 5.60 Å². The second-order valence-corrected chi connectivity index (χ2v) is 9.90. The summed E-state index contributed by atoms with van der Waals surface area (Å²) in [5, 5.41) is 3.47. The molecule has 0 aliphatic carbocycles. The van der Waals surface area contributed by atoms with Crippen LogP contribution in [-0.2, 0) is 11.3 Å². The van der Waals surface area contributed by atoms with Gasteiger partial charge in [0.1, 0.15) is 11.4 Å². The number of amides is 2. The number of hydrogen-bond donors (Lipinski definition) is 1. The van der Waals surface area contributed by atoms with Crippen molar-refractivity contribution in [3.8, 4) is 0 Å². The first-order valence-electron chi connectivity index (χ1n) is 11.0. The second kappa shape index (κ2) is 10.1. The van der Waals surface area contributed by atoms with Crippen LogP contribution >= 0.6 is 11.6 Å². The molecule has 9 heteroatoms. The first-order valence-corrected chi connectivity index (χ1v) is 11.4. The lowest BCUT2D eigenvalue weighted by atomic mass is 10.0. The summed E-state index contributed by atoms with van der Waals surface area (Å²) < 4.78 is 5.53. The molecule has 178 valence electrons. The maximum Gasteiger partial charge on any atom is 0.410 e. The molecule has 1 N–H and O–H groups in total. The van der Waals surface area contributed by atoms with Crippen LogP contribution < -0.4 is 5.32 Å². The fraction of sp³-hybridized carbons (Fsp3) is 0.500. The zero-order chi connectivity index (χ0) is 24.3. The molecule has 1 aliphatic heterocycles. The van der Waals surface area contributed by atoms with E-state index in [4.69, 9.17) is 16.3 Å². The van der Waals surface area contributed by atoms with E-state index in [1.807, 2.05) is 40.7 Å². The Labute approximate surface area is 200 Å². The number of aryl methyl sites for hydroxylation is 1. The predicted octanol–water partition coefficient (Wildman–Crippen LogP) is 4.44. The van der Waals surface area contributed by atoms with Crippen molar-refractivity contribution in [2.24, 2.45) is 0 Å². The quantitative estimate of drug-likeness (QED) is 0.706. The smallest absolute Gasteiger partial charge is 0.410 e. The molecule has 0 bridgehead atoms. The normalized spacial score (nSPS) is 17.1. The van der Waals surface area contributed by atoms with Gasteiger partial charge in [-0.25, -0.2) is 14.8 Å². The Kier molecular flexibility index (Phi) is 7.59. The molecule has 1 fully saturated rings. The molecule has 1 aromatic heterocycles. The molecule has 33 heavy (non-hydrogen) atoms. The van der Waals surface area contributed by atoms with Gasteiger partial charge in [-0.1, -0.05) is 11.6 Å². The topological polar surface area (TPSA) is 87.7 Å². The number of anilines is 1. The first-order chi connectivity index (χ1) is 15.4. The lowest BCUT2D eigenvalue weighted by Gasteiger charge is -2.40. The maximum atomic E-state index is 12.6. The number of piperazine rings is 1. The van der Waals surface area contributed by atoms with Gasteiger partial charge in [-0.05, 0) is 64.8 Å². The zero-order valence-electron chi connectivity index (χ0n) is 20.1. The standard InChI is InChI=1S/C24H32ClN5O3/c1-15-13-29(7-8-30(15)23(32)33-24(4,5)6)14-18-9-20(25)10-21(16(18)2)28-22(31)19-11-26-17(3)27-12-19/h9-12,15H,7-8,13-14H2,1-6H3,(H,28,31). The van der Waals surface area contributed by atoms with Gasteiger partial charge >= 0.3 is 6.09 Å². The van der Waals surface area contributed by atoms with Crippen LogP contribution in [0.15, 0.2) is 24.5 Å². The van der Waals surface area contributed by atoms with Gasteiger partial charge in [0.2, 0.25) is 0 Å². The fourth-order valence-corrected chi connectivity index (χ4v) is 3.98. The van der Waals surface area contributed by atoms with Crippen molar-refractivity contribution < 1.29 is 14.3 Å². The third-order valence-electron chi connectivity index (χ3n) is 5.50. The van der Waals surface area contributed by atoms with E-state index in [1.54, 1.807) is 17.9 Å². The van der Waals surface area contributed by atoms with Crippen LogP contribution in [0.2, 0.25) is 5.02 Å². The molecule has 2 amide bonds. The molecule has 0 spiro atoms. The summed E-state index contributed by atoms with van der Waals surface area (Å²) in [7, 11) is 0. The van der Waals surface area contributed by atoms with Crippen LogP contribution in [0.25, 0.3) is 0 Å². The molecule has 2 aromatic rings. The van der Waals surface area contributed by atoms with Gasteiger partial charge in [0.25, 0.3) is 5.91 Å². The Bertz CT molecular complexity index is 1020. The molecular formula is C24H32ClN5O3. The molecule has 2 heterocycles. The number of rotatable bonds is 4. The van der Waals surface area contributed by atoms with E-state index in [0.717, 1.165) is 17.7 Å². The van der Waals surface area contributed by atoms with Gasteiger partial charge in [-0.3, -0.25) is 9.69 Å². The fourth-order valence-electron chi connectivity index (χ4n) is 3.74.